The van der Waals surface area contributed by atoms with Gasteiger partial charge in [-0.1, -0.05) is 58.0 Å². The minimum atomic E-state index is -4.39. The molecule has 4 amide bonds. The monoisotopic (exact) mass is 827 g/mol. The molecule has 0 bridgehead atoms. The third-order valence-corrected chi connectivity index (χ3v) is 14.9. The van der Waals surface area contributed by atoms with Crippen molar-refractivity contribution in [1.29, 1.82) is 0 Å². The molecule has 0 spiro atoms. The molecule has 7 rings (SSSR count). The zero-order valence-corrected chi connectivity index (χ0v) is 34.4. The summed E-state index contributed by atoms with van der Waals surface area (Å²) < 4.78 is 64.0. The van der Waals surface area contributed by atoms with Gasteiger partial charge in [-0.25, -0.2) is 22.6 Å². The van der Waals surface area contributed by atoms with Crippen molar-refractivity contribution in [3.05, 3.63) is 42.6 Å². The molecule has 17 heteroatoms. The number of ether oxygens (including phenoxy) is 4. The van der Waals surface area contributed by atoms with Crippen molar-refractivity contribution in [3.63, 3.8) is 0 Å². The number of amides is 4. The minimum Gasteiger partial charge on any atom is -0.494 e. The van der Waals surface area contributed by atoms with E-state index in [-0.39, 0.29) is 63.2 Å². The van der Waals surface area contributed by atoms with Gasteiger partial charge in [-0.2, -0.15) is 0 Å². The number of nitrogens with zero attached hydrogens (tertiary/aromatic N) is 2. The van der Waals surface area contributed by atoms with Crippen LogP contribution in [0.4, 0.5) is 9.18 Å². The fourth-order valence-corrected chi connectivity index (χ4v) is 9.89. The number of methoxy groups -OCH3 is 1. The molecule has 4 fully saturated rings. The van der Waals surface area contributed by atoms with Crippen molar-refractivity contribution in [2.24, 2.45) is 23.7 Å². The number of allylic oxidation sites excluding steroid dienone is 1. The van der Waals surface area contributed by atoms with E-state index >= 15 is 0 Å². The van der Waals surface area contributed by atoms with Crippen molar-refractivity contribution in [2.45, 2.75) is 107 Å². The van der Waals surface area contributed by atoms with Crippen LogP contribution in [-0.4, -0.2) is 110 Å². The van der Waals surface area contributed by atoms with E-state index in [0.29, 0.717) is 24.0 Å². The van der Waals surface area contributed by atoms with Crippen LogP contribution in [0.25, 0.3) is 10.8 Å². The number of fused-ring (bicyclic) bond motifs is 3. The van der Waals surface area contributed by atoms with Gasteiger partial charge in [0, 0.05) is 23.1 Å². The number of sulfonamides is 1. The fraction of sp³-hybridized carbons (Fsp3) is 0.634. The molecule has 2 aromatic rings. The normalized spacial score (nSPS) is 31.0. The number of benzene rings is 1. The zero-order chi connectivity index (χ0) is 41.6. The van der Waals surface area contributed by atoms with E-state index in [1.54, 1.807) is 0 Å². The van der Waals surface area contributed by atoms with Gasteiger partial charge in [0.25, 0.3) is 5.91 Å². The molecule has 0 unspecified atom stereocenters. The van der Waals surface area contributed by atoms with Crippen LogP contribution in [-0.2, 0) is 33.9 Å². The third-order valence-electron chi connectivity index (χ3n) is 12.8. The van der Waals surface area contributed by atoms with Crippen LogP contribution in [0, 0.1) is 23.7 Å². The van der Waals surface area contributed by atoms with Gasteiger partial charge in [0.2, 0.25) is 27.7 Å². The molecule has 0 radical (unpaired) electrons. The molecule has 7 atom stereocenters. The number of halogens is 1. The number of alkyl carbamates (subject to hydrolysis) is 1. The summed E-state index contributed by atoms with van der Waals surface area (Å²) in [6, 6.07) is 5.05. The first-order chi connectivity index (χ1) is 27.6. The van der Waals surface area contributed by atoms with Crippen LogP contribution in [0.1, 0.15) is 72.6 Å². The lowest BCUT2D eigenvalue weighted by molar-refractivity contribution is -0.200. The Morgan fingerprint density at radius 2 is 1.84 bits per heavy atom. The number of carbonyl (C=O) groups excluding carboxylic acids is 4. The molecule has 2 saturated carbocycles. The minimum absolute atomic E-state index is 0.0170. The standard InChI is InChI=1S/C41H54FN5O10S/c1-24(2)40(22-55-23-40)57-38(51)44-33-26(4)16-25(3)10-6-7-11-27-18-41(27,37(50)46-58(52,53)39(21-42)14-15-39)45-34(48)31-17-28(20-47(31)36(33)49)56-35-30-13-9-8-12-29(30)32(54-5)19-43-35/h7-9,11-13,19,24-28,31,33H,6,10,14-18,20-23H2,1-5H3,(H,44,51)(H,45,48)(H,46,50)/b11-7-/t25-,26-,27-,28-,31+,33+,41-/m1/s1. The summed E-state index contributed by atoms with van der Waals surface area (Å²) in [5.41, 5.74) is -2.50. The highest BCUT2D eigenvalue weighted by molar-refractivity contribution is 7.91. The summed E-state index contributed by atoms with van der Waals surface area (Å²) >= 11 is 0. The third kappa shape index (κ3) is 7.83. The van der Waals surface area contributed by atoms with Gasteiger partial charge >= 0.3 is 6.09 Å². The Labute approximate surface area is 338 Å². The average Bonchev–Trinajstić information content (AvgIpc) is 4.08. The molecule has 1 aromatic heterocycles. The Kier molecular flexibility index (Phi) is 11.4. The Morgan fingerprint density at radius 3 is 2.48 bits per heavy atom. The molecule has 1 aromatic carbocycles. The first-order valence-electron chi connectivity index (χ1n) is 20.1. The molecule has 316 valence electrons. The molecule has 2 aliphatic carbocycles. The van der Waals surface area contributed by atoms with E-state index in [1.807, 2.05) is 57.2 Å². The largest absolute Gasteiger partial charge is 0.494 e. The van der Waals surface area contributed by atoms with Crippen LogP contribution < -0.4 is 24.8 Å². The van der Waals surface area contributed by atoms with Gasteiger partial charge in [0.05, 0.1) is 33.1 Å². The van der Waals surface area contributed by atoms with Crippen molar-refractivity contribution in [2.75, 3.05) is 33.5 Å². The number of hydrogen-bond acceptors (Lipinski definition) is 11. The quantitative estimate of drug-likeness (QED) is 0.294. The molecule has 15 nitrogen and oxygen atoms in total. The second kappa shape index (κ2) is 15.9. The maximum absolute atomic E-state index is 14.9. The fourth-order valence-electron chi connectivity index (χ4n) is 8.46. The van der Waals surface area contributed by atoms with Crippen LogP contribution >= 0.6 is 0 Å². The lowest BCUT2D eigenvalue weighted by Gasteiger charge is -2.44. The molecule has 5 aliphatic rings. The zero-order valence-electron chi connectivity index (χ0n) is 33.6. The highest BCUT2D eigenvalue weighted by Gasteiger charge is 2.64. The van der Waals surface area contributed by atoms with Crippen molar-refractivity contribution in [1.82, 2.24) is 25.2 Å². The number of aromatic nitrogens is 1. The highest BCUT2D eigenvalue weighted by Crippen LogP contribution is 2.48. The topological polar surface area (TPSA) is 192 Å². The number of rotatable bonds is 10. The maximum Gasteiger partial charge on any atom is 0.408 e. The van der Waals surface area contributed by atoms with E-state index in [1.165, 1.54) is 18.2 Å². The van der Waals surface area contributed by atoms with E-state index < -0.39 is 86.4 Å². The first-order valence-corrected chi connectivity index (χ1v) is 21.6. The van der Waals surface area contributed by atoms with E-state index in [4.69, 9.17) is 18.9 Å². The van der Waals surface area contributed by atoms with Crippen molar-refractivity contribution < 1.29 is 50.9 Å². The summed E-state index contributed by atoms with van der Waals surface area (Å²) in [5.74, 6) is -2.30. The van der Waals surface area contributed by atoms with Crippen molar-refractivity contribution >= 4 is 44.6 Å². The lowest BCUT2D eigenvalue weighted by Crippen LogP contribution is -2.61. The lowest BCUT2D eigenvalue weighted by atomic mass is 9.87. The van der Waals surface area contributed by atoms with Gasteiger partial charge in [-0.3, -0.25) is 19.1 Å². The van der Waals surface area contributed by atoms with Gasteiger partial charge in [-0.05, 0) is 62.3 Å². The Hall–Kier alpha value is -4.51. The number of alkyl halides is 1. The summed E-state index contributed by atoms with van der Waals surface area (Å²) in [7, 11) is -2.86. The van der Waals surface area contributed by atoms with E-state index in [2.05, 4.69) is 27.3 Å². The second-order valence-electron chi connectivity index (χ2n) is 17.2. The summed E-state index contributed by atoms with van der Waals surface area (Å²) in [5, 5.41) is 7.08. The van der Waals surface area contributed by atoms with Gasteiger partial charge in [0.15, 0.2) is 5.60 Å². The van der Waals surface area contributed by atoms with Gasteiger partial charge < -0.3 is 34.5 Å². The smallest absolute Gasteiger partial charge is 0.408 e. The molecular weight excluding hydrogens is 774 g/mol. The molecular formula is C41H54FN5O10S. The maximum atomic E-state index is 14.9. The Balaban J connectivity index is 1.22. The van der Waals surface area contributed by atoms with Gasteiger partial charge in [0.1, 0.15) is 40.9 Å². The van der Waals surface area contributed by atoms with Crippen LogP contribution in [0.2, 0.25) is 0 Å². The molecule has 3 aliphatic heterocycles. The predicted molar refractivity (Wildman–Crippen MR) is 210 cm³/mol. The number of hydrogen-bond donors (Lipinski definition) is 3. The molecule has 4 heterocycles. The highest BCUT2D eigenvalue weighted by atomic mass is 32.2. The average molecular weight is 828 g/mol. The number of nitrogens with one attached hydrogen (secondary N) is 3. The van der Waals surface area contributed by atoms with Crippen LogP contribution in [0.5, 0.6) is 11.6 Å². The first kappa shape index (κ1) is 41.6. The second-order valence-corrected chi connectivity index (χ2v) is 19.3. The molecule has 3 N–H and O–H groups in total. The van der Waals surface area contributed by atoms with Crippen LogP contribution in [0.15, 0.2) is 42.6 Å². The number of carbonyl (C=O) groups is 4. The molecule has 2 saturated heterocycles. The predicted octanol–water partition coefficient (Wildman–Crippen LogP) is 3.95. The van der Waals surface area contributed by atoms with Gasteiger partial charge in [-0.15, -0.1) is 0 Å². The summed E-state index contributed by atoms with van der Waals surface area (Å²) in [4.78, 5) is 63.0. The number of pyridine rings is 1. The SMILES string of the molecule is COc1cnc(O[C@@H]2C[C@H]3C(=O)N[C@]4(C(=O)NS(=O)(=O)C5(CF)CC5)C[C@H]4/C=C\CC[C@@H](C)C[C@@H](C)[C@H](NC(=O)OC4(C(C)C)COC4)C(=O)N3C2)c2ccccc12. The Bertz CT molecular complexity index is 2070. The summed E-state index contributed by atoms with van der Waals surface area (Å²) in [6.45, 7) is 7.03. The molecule has 58 heavy (non-hydrogen) atoms. The van der Waals surface area contributed by atoms with Crippen LogP contribution in [0.3, 0.4) is 0 Å². The van der Waals surface area contributed by atoms with E-state index in [0.717, 1.165) is 11.8 Å². The van der Waals surface area contributed by atoms with Crippen molar-refractivity contribution in [3.8, 4) is 11.6 Å². The summed E-state index contributed by atoms with van der Waals surface area (Å²) in [6.07, 6.45) is 5.85. The Morgan fingerprint density at radius 1 is 1.12 bits per heavy atom. The van der Waals surface area contributed by atoms with E-state index in [9.17, 15) is 32.0 Å².